The Morgan fingerprint density at radius 3 is 2.62 bits per heavy atom. The summed E-state index contributed by atoms with van der Waals surface area (Å²) in [7, 11) is 0. The number of hydrogen-bond acceptors (Lipinski definition) is 4. The van der Waals surface area contributed by atoms with E-state index in [1.807, 2.05) is 36.4 Å². The van der Waals surface area contributed by atoms with E-state index in [1.54, 1.807) is 19.3 Å². The monoisotopic (exact) mass is 280 g/mol. The lowest BCUT2D eigenvalue weighted by molar-refractivity contribution is 0.0696. The zero-order chi connectivity index (χ0) is 14.8. The molecule has 0 saturated carbocycles. The first-order chi connectivity index (χ1) is 10.2. The van der Waals surface area contributed by atoms with Crippen LogP contribution in [0.2, 0.25) is 0 Å². The summed E-state index contributed by atoms with van der Waals surface area (Å²) in [5.74, 6) is -0.750. The molecule has 21 heavy (non-hydrogen) atoms. The maximum absolute atomic E-state index is 11.3. The summed E-state index contributed by atoms with van der Waals surface area (Å²) in [6.07, 6.45) is 3.46. The first-order valence-corrected chi connectivity index (χ1v) is 6.37. The van der Waals surface area contributed by atoms with E-state index < -0.39 is 5.97 Å². The molecule has 5 nitrogen and oxygen atoms in total. The third-order valence-corrected chi connectivity index (χ3v) is 3.21. The van der Waals surface area contributed by atoms with Gasteiger partial charge in [0.05, 0.1) is 0 Å². The maximum atomic E-state index is 11.3. The van der Waals surface area contributed by atoms with Gasteiger partial charge in [0.1, 0.15) is 17.0 Å². The predicted octanol–water partition coefficient (Wildman–Crippen LogP) is 3.41. The summed E-state index contributed by atoms with van der Waals surface area (Å²) >= 11 is 0. The number of carboxylic acids is 1. The van der Waals surface area contributed by atoms with Gasteiger partial charge in [0.2, 0.25) is 0 Å². The molecule has 0 aliphatic rings. The highest BCUT2D eigenvalue weighted by atomic mass is 16.5. The molecule has 3 rings (SSSR count). The van der Waals surface area contributed by atoms with E-state index in [0.29, 0.717) is 17.0 Å². The van der Waals surface area contributed by atoms with Crippen LogP contribution in [0.3, 0.4) is 0 Å². The Morgan fingerprint density at radius 1 is 1.14 bits per heavy atom. The standard InChI is InChI=1S/C16H12N2O3/c1-10-14(16(19)20)15(18-21-10)12-5-2-4-11(8-12)13-6-3-7-17-9-13/h2-9H,1H3,(H,19,20). The molecule has 0 saturated heterocycles. The summed E-state index contributed by atoms with van der Waals surface area (Å²) in [4.78, 5) is 15.4. The van der Waals surface area contributed by atoms with Crippen LogP contribution in [0, 0.1) is 6.92 Å². The number of carbonyl (C=O) groups is 1. The highest BCUT2D eigenvalue weighted by Crippen LogP contribution is 2.29. The van der Waals surface area contributed by atoms with E-state index in [-0.39, 0.29) is 5.56 Å². The molecule has 0 aliphatic carbocycles. The molecule has 104 valence electrons. The van der Waals surface area contributed by atoms with E-state index in [0.717, 1.165) is 11.1 Å². The van der Waals surface area contributed by atoms with Gasteiger partial charge in [0.25, 0.3) is 0 Å². The Bertz CT molecular complexity index is 794. The van der Waals surface area contributed by atoms with Crippen LogP contribution < -0.4 is 0 Å². The van der Waals surface area contributed by atoms with Crippen molar-refractivity contribution in [1.82, 2.24) is 10.1 Å². The summed E-state index contributed by atoms with van der Waals surface area (Å²) in [6, 6.07) is 11.3. The molecular weight excluding hydrogens is 268 g/mol. The second kappa shape index (κ2) is 5.20. The molecule has 2 heterocycles. The van der Waals surface area contributed by atoms with Crippen molar-refractivity contribution in [3.05, 3.63) is 60.1 Å². The molecule has 0 atom stereocenters. The minimum atomic E-state index is -1.05. The second-order valence-electron chi connectivity index (χ2n) is 4.59. The number of rotatable bonds is 3. The number of pyridine rings is 1. The fraction of sp³-hybridized carbons (Fsp3) is 0.0625. The van der Waals surface area contributed by atoms with Crippen molar-refractivity contribution >= 4 is 5.97 Å². The minimum Gasteiger partial charge on any atom is -0.477 e. The molecule has 1 N–H and O–H groups in total. The van der Waals surface area contributed by atoms with Crippen molar-refractivity contribution < 1.29 is 14.4 Å². The molecule has 2 aromatic heterocycles. The predicted molar refractivity (Wildman–Crippen MR) is 76.9 cm³/mol. The van der Waals surface area contributed by atoms with Gasteiger partial charge in [-0.05, 0) is 24.6 Å². The van der Waals surface area contributed by atoms with Crippen molar-refractivity contribution in [1.29, 1.82) is 0 Å². The zero-order valence-corrected chi connectivity index (χ0v) is 11.3. The van der Waals surface area contributed by atoms with Gasteiger partial charge in [-0.15, -0.1) is 0 Å². The Balaban J connectivity index is 2.11. The number of carboxylic acid groups (broad SMARTS) is 1. The van der Waals surface area contributed by atoms with Crippen molar-refractivity contribution in [2.45, 2.75) is 6.92 Å². The molecule has 3 aromatic rings. The molecule has 1 aromatic carbocycles. The lowest BCUT2D eigenvalue weighted by Gasteiger charge is -2.04. The van der Waals surface area contributed by atoms with E-state index in [2.05, 4.69) is 10.1 Å². The minimum absolute atomic E-state index is 0.0957. The van der Waals surface area contributed by atoms with Crippen LogP contribution >= 0.6 is 0 Å². The Labute approximate surface area is 120 Å². The van der Waals surface area contributed by atoms with E-state index in [4.69, 9.17) is 4.52 Å². The van der Waals surface area contributed by atoms with Gasteiger partial charge in [-0.25, -0.2) is 4.79 Å². The summed E-state index contributed by atoms with van der Waals surface area (Å²) in [5.41, 5.74) is 3.03. The lowest BCUT2D eigenvalue weighted by Crippen LogP contribution is -1.99. The van der Waals surface area contributed by atoms with E-state index >= 15 is 0 Å². The van der Waals surface area contributed by atoms with Gasteiger partial charge in [-0.2, -0.15) is 0 Å². The van der Waals surface area contributed by atoms with Crippen molar-refractivity contribution in [3.63, 3.8) is 0 Å². The number of nitrogens with zero attached hydrogens (tertiary/aromatic N) is 2. The highest BCUT2D eigenvalue weighted by molar-refractivity contribution is 5.96. The van der Waals surface area contributed by atoms with Crippen LogP contribution in [0.1, 0.15) is 16.1 Å². The molecule has 0 spiro atoms. The van der Waals surface area contributed by atoms with Gasteiger partial charge in [0.15, 0.2) is 0 Å². The van der Waals surface area contributed by atoms with Gasteiger partial charge in [-0.3, -0.25) is 4.98 Å². The molecule has 0 radical (unpaired) electrons. The Hall–Kier alpha value is -2.95. The summed E-state index contributed by atoms with van der Waals surface area (Å²) in [6.45, 7) is 1.59. The topological polar surface area (TPSA) is 76.2 Å². The average molecular weight is 280 g/mol. The van der Waals surface area contributed by atoms with E-state index in [1.165, 1.54) is 0 Å². The normalized spacial score (nSPS) is 10.5. The fourth-order valence-electron chi connectivity index (χ4n) is 2.20. The summed E-state index contributed by atoms with van der Waals surface area (Å²) in [5, 5.41) is 13.1. The average Bonchev–Trinajstić information content (AvgIpc) is 2.90. The van der Waals surface area contributed by atoms with Crippen LogP contribution in [0.5, 0.6) is 0 Å². The van der Waals surface area contributed by atoms with Crippen LogP contribution in [0.25, 0.3) is 22.4 Å². The van der Waals surface area contributed by atoms with Crippen LogP contribution in [-0.2, 0) is 0 Å². The number of aryl methyl sites for hydroxylation is 1. The molecular formula is C16H12N2O3. The number of aromatic carboxylic acids is 1. The molecule has 0 fully saturated rings. The van der Waals surface area contributed by atoms with E-state index in [9.17, 15) is 9.90 Å². The largest absolute Gasteiger partial charge is 0.477 e. The molecule has 0 aliphatic heterocycles. The highest BCUT2D eigenvalue weighted by Gasteiger charge is 2.20. The Kier molecular flexibility index (Phi) is 3.23. The maximum Gasteiger partial charge on any atom is 0.341 e. The van der Waals surface area contributed by atoms with Crippen LogP contribution in [0.15, 0.2) is 53.3 Å². The third kappa shape index (κ3) is 2.41. The van der Waals surface area contributed by atoms with Crippen LogP contribution in [-0.4, -0.2) is 21.2 Å². The van der Waals surface area contributed by atoms with Crippen molar-refractivity contribution in [2.75, 3.05) is 0 Å². The molecule has 0 unspecified atom stereocenters. The van der Waals surface area contributed by atoms with Gasteiger partial charge in [0, 0.05) is 23.5 Å². The number of benzene rings is 1. The van der Waals surface area contributed by atoms with Crippen molar-refractivity contribution in [3.8, 4) is 22.4 Å². The van der Waals surface area contributed by atoms with Crippen molar-refractivity contribution in [2.24, 2.45) is 0 Å². The quantitative estimate of drug-likeness (QED) is 0.795. The fourth-order valence-corrected chi connectivity index (χ4v) is 2.20. The lowest BCUT2D eigenvalue weighted by atomic mass is 10.0. The Morgan fingerprint density at radius 2 is 1.90 bits per heavy atom. The first kappa shape index (κ1) is 13.1. The van der Waals surface area contributed by atoms with Gasteiger partial charge >= 0.3 is 5.97 Å². The van der Waals surface area contributed by atoms with Gasteiger partial charge < -0.3 is 9.63 Å². The van der Waals surface area contributed by atoms with Crippen LogP contribution in [0.4, 0.5) is 0 Å². The second-order valence-corrected chi connectivity index (χ2v) is 4.59. The molecule has 5 heteroatoms. The molecule has 0 bridgehead atoms. The SMILES string of the molecule is Cc1onc(-c2cccc(-c3cccnc3)c2)c1C(=O)O. The number of aromatic nitrogens is 2. The zero-order valence-electron chi connectivity index (χ0n) is 11.3. The smallest absolute Gasteiger partial charge is 0.341 e. The third-order valence-electron chi connectivity index (χ3n) is 3.21. The first-order valence-electron chi connectivity index (χ1n) is 6.37. The number of hydrogen-bond donors (Lipinski definition) is 1. The summed E-state index contributed by atoms with van der Waals surface area (Å²) < 4.78 is 5.01. The molecule has 0 amide bonds. The van der Waals surface area contributed by atoms with Gasteiger partial charge in [-0.1, -0.05) is 29.4 Å².